The summed E-state index contributed by atoms with van der Waals surface area (Å²) in [7, 11) is 3.12. The Kier molecular flexibility index (Phi) is 9.51. The van der Waals surface area contributed by atoms with Gasteiger partial charge >= 0.3 is 5.56 Å². The van der Waals surface area contributed by atoms with Crippen LogP contribution in [0.5, 0.6) is 11.5 Å². The van der Waals surface area contributed by atoms with Gasteiger partial charge in [0.25, 0.3) is 5.91 Å². The smallest absolute Gasteiger partial charge is 0.312 e. The molecule has 11 heteroatoms. The van der Waals surface area contributed by atoms with E-state index in [1.807, 2.05) is 24.3 Å². The summed E-state index contributed by atoms with van der Waals surface area (Å²) in [6, 6.07) is 12.2. The standard InChI is InChI=1S/C26H30ClN5O5/c1-5-21(37-22-11-8-19(27)12-18(22)13-23(33)28-3)25(34)31-32-16(2)14-29-24(26(32)35)30-15-17-6-9-20(36-4)10-7-17/h6-12,14,21H,5,13,15H2,1-4H3,(H,28,33)(H,29,30)(H,31,34). The molecule has 0 saturated heterocycles. The molecule has 0 aliphatic carbocycles. The number of halogens is 1. The second kappa shape index (κ2) is 12.8. The highest BCUT2D eigenvalue weighted by atomic mass is 35.5. The predicted molar refractivity (Wildman–Crippen MR) is 142 cm³/mol. The van der Waals surface area contributed by atoms with Crippen molar-refractivity contribution in [2.45, 2.75) is 39.3 Å². The van der Waals surface area contributed by atoms with Gasteiger partial charge in [-0.2, -0.15) is 0 Å². The summed E-state index contributed by atoms with van der Waals surface area (Å²) in [5.74, 6) is 0.422. The number of carbonyl (C=O) groups excluding carboxylic acids is 2. The Morgan fingerprint density at radius 3 is 2.54 bits per heavy atom. The largest absolute Gasteiger partial charge is 0.497 e. The summed E-state index contributed by atoms with van der Waals surface area (Å²) < 4.78 is 12.2. The first-order chi connectivity index (χ1) is 17.7. The summed E-state index contributed by atoms with van der Waals surface area (Å²) in [5.41, 5.74) is 4.02. The number of methoxy groups -OCH3 is 1. The molecule has 196 valence electrons. The molecule has 3 aromatic rings. The van der Waals surface area contributed by atoms with E-state index < -0.39 is 17.6 Å². The summed E-state index contributed by atoms with van der Waals surface area (Å²) in [6.07, 6.45) is 0.909. The van der Waals surface area contributed by atoms with Crippen LogP contribution in [-0.2, 0) is 22.6 Å². The third kappa shape index (κ3) is 7.23. The molecule has 1 atom stereocenters. The summed E-state index contributed by atoms with van der Waals surface area (Å²) in [4.78, 5) is 42.3. The fourth-order valence-corrected chi connectivity index (χ4v) is 3.64. The highest BCUT2D eigenvalue weighted by Crippen LogP contribution is 2.25. The van der Waals surface area contributed by atoms with Crippen LogP contribution in [-0.4, -0.2) is 41.7 Å². The molecule has 0 saturated carbocycles. The topological polar surface area (TPSA) is 124 Å². The number of amides is 2. The van der Waals surface area contributed by atoms with Gasteiger partial charge in [-0.3, -0.25) is 19.8 Å². The van der Waals surface area contributed by atoms with Crippen LogP contribution in [0.15, 0.2) is 53.5 Å². The van der Waals surface area contributed by atoms with Crippen LogP contribution in [0.3, 0.4) is 0 Å². The maximum atomic E-state index is 13.1. The van der Waals surface area contributed by atoms with Crippen molar-refractivity contribution >= 4 is 29.2 Å². The van der Waals surface area contributed by atoms with Crippen molar-refractivity contribution < 1.29 is 19.1 Å². The molecular weight excluding hydrogens is 498 g/mol. The third-order valence-corrected chi connectivity index (χ3v) is 5.80. The highest BCUT2D eigenvalue weighted by Gasteiger charge is 2.22. The van der Waals surface area contributed by atoms with Gasteiger partial charge in [0.2, 0.25) is 5.91 Å². The number of benzene rings is 2. The van der Waals surface area contributed by atoms with Crippen LogP contribution in [0.1, 0.15) is 30.2 Å². The number of hydrogen-bond acceptors (Lipinski definition) is 7. The number of rotatable bonds is 11. The maximum absolute atomic E-state index is 13.1. The normalized spacial score (nSPS) is 11.4. The summed E-state index contributed by atoms with van der Waals surface area (Å²) in [6.45, 7) is 3.79. The molecule has 37 heavy (non-hydrogen) atoms. The number of carbonyl (C=O) groups is 2. The quantitative estimate of drug-likeness (QED) is 0.350. The molecule has 1 unspecified atom stereocenters. The van der Waals surface area contributed by atoms with Gasteiger partial charge in [-0.05, 0) is 49.2 Å². The number of ether oxygens (including phenoxy) is 2. The number of hydrogen-bond donors (Lipinski definition) is 3. The number of nitrogens with one attached hydrogen (secondary N) is 3. The Morgan fingerprint density at radius 1 is 1.16 bits per heavy atom. The van der Waals surface area contributed by atoms with Gasteiger partial charge < -0.3 is 20.1 Å². The van der Waals surface area contributed by atoms with E-state index in [1.54, 1.807) is 39.2 Å². The monoisotopic (exact) mass is 527 g/mol. The number of likely N-dealkylation sites (N-methyl/N-ethyl adjacent to an activating group) is 1. The second-order valence-electron chi connectivity index (χ2n) is 8.18. The van der Waals surface area contributed by atoms with Crippen molar-refractivity contribution in [2.24, 2.45) is 0 Å². The maximum Gasteiger partial charge on any atom is 0.312 e. The Balaban J connectivity index is 1.75. The minimum atomic E-state index is -0.931. The van der Waals surface area contributed by atoms with E-state index >= 15 is 0 Å². The number of aromatic nitrogens is 2. The Hall–Kier alpha value is -4.05. The zero-order valence-corrected chi connectivity index (χ0v) is 21.9. The van der Waals surface area contributed by atoms with E-state index in [2.05, 4.69) is 21.0 Å². The van der Waals surface area contributed by atoms with E-state index in [1.165, 1.54) is 13.2 Å². The highest BCUT2D eigenvalue weighted by molar-refractivity contribution is 6.30. The first-order valence-electron chi connectivity index (χ1n) is 11.7. The van der Waals surface area contributed by atoms with E-state index in [4.69, 9.17) is 21.1 Å². The fourth-order valence-electron chi connectivity index (χ4n) is 3.45. The number of aryl methyl sites for hydroxylation is 1. The van der Waals surface area contributed by atoms with Gasteiger partial charge in [0, 0.05) is 24.2 Å². The molecule has 0 aliphatic heterocycles. The lowest BCUT2D eigenvalue weighted by molar-refractivity contribution is -0.123. The van der Waals surface area contributed by atoms with Gasteiger partial charge in [0.05, 0.1) is 25.4 Å². The van der Waals surface area contributed by atoms with Crippen LogP contribution < -0.4 is 31.1 Å². The van der Waals surface area contributed by atoms with Crippen molar-refractivity contribution in [3.05, 3.63) is 80.9 Å². The third-order valence-electron chi connectivity index (χ3n) is 5.56. The molecule has 3 N–H and O–H groups in total. The lowest BCUT2D eigenvalue weighted by Crippen LogP contribution is -2.42. The van der Waals surface area contributed by atoms with Gasteiger partial charge in [0.15, 0.2) is 11.9 Å². The first kappa shape index (κ1) is 27.5. The van der Waals surface area contributed by atoms with E-state index in [-0.39, 0.29) is 18.1 Å². The molecular formula is C26H30ClN5O5. The van der Waals surface area contributed by atoms with Crippen LogP contribution in [0.25, 0.3) is 0 Å². The Labute approximate surface area is 219 Å². The van der Waals surface area contributed by atoms with Gasteiger partial charge in [-0.25, -0.2) is 9.66 Å². The lowest BCUT2D eigenvalue weighted by atomic mass is 10.1. The minimum Gasteiger partial charge on any atom is -0.497 e. The van der Waals surface area contributed by atoms with E-state index in [0.29, 0.717) is 35.0 Å². The minimum absolute atomic E-state index is 0.0383. The van der Waals surface area contributed by atoms with Crippen LogP contribution in [0, 0.1) is 6.92 Å². The second-order valence-corrected chi connectivity index (χ2v) is 8.62. The van der Waals surface area contributed by atoms with Crippen molar-refractivity contribution in [3.63, 3.8) is 0 Å². The van der Waals surface area contributed by atoms with Gasteiger partial charge in [0.1, 0.15) is 11.5 Å². The lowest BCUT2D eigenvalue weighted by Gasteiger charge is -2.21. The van der Waals surface area contributed by atoms with Gasteiger partial charge in [-0.15, -0.1) is 0 Å². The van der Waals surface area contributed by atoms with E-state index in [0.717, 1.165) is 16.0 Å². The molecule has 1 aromatic heterocycles. The Bertz CT molecular complexity index is 1310. The average molecular weight is 528 g/mol. The molecule has 1 heterocycles. The molecule has 0 fully saturated rings. The molecule has 3 rings (SSSR count). The van der Waals surface area contributed by atoms with Crippen molar-refractivity contribution in [1.82, 2.24) is 15.0 Å². The molecule has 2 aromatic carbocycles. The molecule has 0 spiro atoms. The van der Waals surface area contributed by atoms with Crippen LogP contribution >= 0.6 is 11.6 Å². The Morgan fingerprint density at radius 2 is 1.89 bits per heavy atom. The summed E-state index contributed by atoms with van der Waals surface area (Å²) in [5, 5.41) is 6.00. The van der Waals surface area contributed by atoms with Gasteiger partial charge in [-0.1, -0.05) is 30.7 Å². The number of anilines is 1. The number of nitrogens with zero attached hydrogens (tertiary/aromatic N) is 2. The van der Waals surface area contributed by atoms with Crippen molar-refractivity contribution in [3.8, 4) is 11.5 Å². The van der Waals surface area contributed by atoms with Crippen LogP contribution in [0.2, 0.25) is 5.02 Å². The molecule has 2 amide bonds. The fraction of sp³-hybridized carbons (Fsp3) is 0.308. The zero-order chi connectivity index (χ0) is 26.9. The first-order valence-corrected chi connectivity index (χ1v) is 12.1. The molecule has 0 radical (unpaired) electrons. The molecule has 0 bridgehead atoms. The van der Waals surface area contributed by atoms with Crippen molar-refractivity contribution in [2.75, 3.05) is 24.9 Å². The van der Waals surface area contributed by atoms with Crippen LogP contribution in [0.4, 0.5) is 5.82 Å². The van der Waals surface area contributed by atoms with Crippen molar-refractivity contribution in [1.29, 1.82) is 0 Å². The SMILES string of the molecule is CCC(Oc1ccc(Cl)cc1CC(=O)NC)C(=O)Nn1c(C)cnc(NCc2ccc(OC)cc2)c1=O. The van der Waals surface area contributed by atoms with E-state index in [9.17, 15) is 14.4 Å². The molecule has 0 aliphatic rings. The average Bonchev–Trinajstić information content (AvgIpc) is 2.90. The zero-order valence-electron chi connectivity index (χ0n) is 21.1. The molecule has 10 nitrogen and oxygen atoms in total. The predicted octanol–water partition coefficient (Wildman–Crippen LogP) is 3.04. The summed E-state index contributed by atoms with van der Waals surface area (Å²) >= 11 is 6.09.